The number of hydrogen-bond donors (Lipinski definition) is 2. The first-order valence-corrected chi connectivity index (χ1v) is 4.75. The summed E-state index contributed by atoms with van der Waals surface area (Å²) in [6.07, 6.45) is 0. The fraction of sp³-hybridized carbons (Fsp3) is 0.0909. The number of nitrogens with two attached hydrogens (primary N) is 1. The van der Waals surface area contributed by atoms with Crippen molar-refractivity contribution in [2.45, 2.75) is 6.61 Å². The van der Waals surface area contributed by atoms with E-state index in [0.717, 1.165) is 5.56 Å². The predicted molar refractivity (Wildman–Crippen MR) is 58.9 cm³/mol. The Morgan fingerprint density at radius 1 is 1.19 bits per heavy atom. The molecular weight excluding hydrogens is 206 g/mol. The predicted octanol–water partition coefficient (Wildman–Crippen LogP) is 1.34. The minimum Gasteiger partial charge on any atom is -0.438 e. The summed E-state index contributed by atoms with van der Waals surface area (Å²) in [4.78, 5) is 0. The van der Waals surface area contributed by atoms with Gasteiger partial charge in [0.05, 0.1) is 6.61 Å². The lowest BCUT2D eigenvalue weighted by Gasteiger charge is -2.04. The van der Waals surface area contributed by atoms with Gasteiger partial charge in [-0.3, -0.25) is 0 Å². The molecule has 16 heavy (non-hydrogen) atoms. The highest BCUT2D eigenvalue weighted by Gasteiger charge is 2.00. The van der Waals surface area contributed by atoms with Crippen molar-refractivity contribution >= 4 is 5.82 Å². The second kappa shape index (κ2) is 4.59. The fourth-order valence-corrected chi connectivity index (χ4v) is 1.21. The van der Waals surface area contributed by atoms with Crippen LogP contribution < -0.4 is 10.5 Å². The summed E-state index contributed by atoms with van der Waals surface area (Å²) in [6.45, 7) is -0.0232. The van der Waals surface area contributed by atoms with Gasteiger partial charge in [0.1, 0.15) is 11.6 Å². The molecule has 0 saturated heterocycles. The van der Waals surface area contributed by atoms with Crippen LogP contribution >= 0.6 is 0 Å². The van der Waals surface area contributed by atoms with Gasteiger partial charge in [-0.2, -0.15) is 0 Å². The average molecular weight is 217 g/mol. The normalized spacial score (nSPS) is 10.1. The number of anilines is 1. The van der Waals surface area contributed by atoms with E-state index in [1.54, 1.807) is 30.3 Å². The highest BCUT2D eigenvalue weighted by atomic mass is 16.5. The number of aliphatic hydroxyl groups excluding tert-OH is 1. The van der Waals surface area contributed by atoms with Crippen LogP contribution in [-0.4, -0.2) is 15.3 Å². The maximum Gasteiger partial charge on any atom is 0.238 e. The van der Waals surface area contributed by atoms with Crippen LogP contribution in [0.1, 0.15) is 5.56 Å². The van der Waals surface area contributed by atoms with Crippen LogP contribution in [0.5, 0.6) is 11.6 Å². The van der Waals surface area contributed by atoms with Crippen molar-refractivity contribution in [1.29, 1.82) is 0 Å². The highest BCUT2D eigenvalue weighted by Crippen LogP contribution is 2.20. The topological polar surface area (TPSA) is 81.3 Å². The molecule has 0 aliphatic carbocycles. The van der Waals surface area contributed by atoms with Crippen molar-refractivity contribution in [3.05, 3.63) is 42.0 Å². The molecule has 0 spiro atoms. The summed E-state index contributed by atoms with van der Waals surface area (Å²) >= 11 is 0. The zero-order valence-electron chi connectivity index (χ0n) is 8.50. The summed E-state index contributed by atoms with van der Waals surface area (Å²) in [5.41, 5.74) is 6.18. The molecule has 82 valence electrons. The summed E-state index contributed by atoms with van der Waals surface area (Å²) in [5.74, 6) is 1.31. The van der Waals surface area contributed by atoms with Crippen LogP contribution in [-0.2, 0) is 6.61 Å². The number of nitrogen functional groups attached to an aromatic ring is 1. The zero-order chi connectivity index (χ0) is 11.4. The lowest BCUT2D eigenvalue weighted by Crippen LogP contribution is -1.95. The van der Waals surface area contributed by atoms with Gasteiger partial charge in [0, 0.05) is 6.07 Å². The Kier molecular flexibility index (Phi) is 2.98. The number of ether oxygens (including phenoxy) is 1. The summed E-state index contributed by atoms with van der Waals surface area (Å²) in [6, 6.07) is 10.4. The highest BCUT2D eigenvalue weighted by molar-refractivity contribution is 5.33. The third kappa shape index (κ3) is 2.46. The molecule has 1 heterocycles. The number of aliphatic hydroxyl groups is 1. The smallest absolute Gasteiger partial charge is 0.238 e. The standard InChI is InChI=1S/C11H11N3O2/c12-10-4-5-11(14-13-10)16-9-3-1-2-8(6-9)7-15/h1-6,15H,7H2,(H2,12,13). The second-order valence-electron chi connectivity index (χ2n) is 3.20. The molecule has 1 aromatic carbocycles. The Labute approximate surface area is 92.5 Å². The molecule has 2 rings (SSSR count). The number of benzene rings is 1. The van der Waals surface area contributed by atoms with Gasteiger partial charge >= 0.3 is 0 Å². The molecule has 5 nitrogen and oxygen atoms in total. The Bertz CT molecular complexity index is 471. The Morgan fingerprint density at radius 2 is 2.06 bits per heavy atom. The molecule has 1 aromatic heterocycles. The molecule has 3 N–H and O–H groups in total. The molecule has 0 bridgehead atoms. The minimum atomic E-state index is -0.0232. The SMILES string of the molecule is Nc1ccc(Oc2cccc(CO)c2)nn1. The van der Waals surface area contributed by atoms with Crippen molar-refractivity contribution in [2.24, 2.45) is 0 Å². The molecule has 0 atom stereocenters. The van der Waals surface area contributed by atoms with E-state index < -0.39 is 0 Å². The van der Waals surface area contributed by atoms with Gasteiger partial charge in [-0.15, -0.1) is 10.2 Å². The van der Waals surface area contributed by atoms with Crippen LogP contribution in [0.3, 0.4) is 0 Å². The first-order valence-electron chi connectivity index (χ1n) is 4.75. The van der Waals surface area contributed by atoms with Gasteiger partial charge in [0.2, 0.25) is 5.88 Å². The third-order valence-electron chi connectivity index (χ3n) is 1.96. The quantitative estimate of drug-likeness (QED) is 0.810. The molecule has 0 saturated carbocycles. The average Bonchev–Trinajstić information content (AvgIpc) is 2.32. The molecule has 0 aliphatic heterocycles. The largest absolute Gasteiger partial charge is 0.438 e. The summed E-state index contributed by atoms with van der Waals surface area (Å²) < 4.78 is 5.44. The van der Waals surface area contributed by atoms with Gasteiger partial charge in [0.25, 0.3) is 0 Å². The zero-order valence-corrected chi connectivity index (χ0v) is 8.50. The summed E-state index contributed by atoms with van der Waals surface area (Å²) in [7, 11) is 0. The maximum absolute atomic E-state index is 8.96. The van der Waals surface area contributed by atoms with E-state index >= 15 is 0 Å². The van der Waals surface area contributed by atoms with Crippen molar-refractivity contribution in [1.82, 2.24) is 10.2 Å². The van der Waals surface area contributed by atoms with E-state index in [4.69, 9.17) is 15.6 Å². The maximum atomic E-state index is 8.96. The molecule has 0 amide bonds. The first kappa shape index (κ1) is 10.4. The van der Waals surface area contributed by atoms with E-state index in [-0.39, 0.29) is 6.61 Å². The van der Waals surface area contributed by atoms with Gasteiger partial charge in [-0.05, 0) is 23.8 Å². The van der Waals surface area contributed by atoms with E-state index in [2.05, 4.69) is 10.2 Å². The molecule has 0 aliphatic rings. The van der Waals surface area contributed by atoms with Crippen LogP contribution in [0.15, 0.2) is 36.4 Å². The third-order valence-corrected chi connectivity index (χ3v) is 1.96. The van der Waals surface area contributed by atoms with E-state index in [1.807, 2.05) is 6.07 Å². The van der Waals surface area contributed by atoms with Crippen LogP contribution in [0.25, 0.3) is 0 Å². The first-order chi connectivity index (χ1) is 7.78. The van der Waals surface area contributed by atoms with Crippen LogP contribution in [0, 0.1) is 0 Å². The minimum absolute atomic E-state index is 0.0232. The Morgan fingerprint density at radius 3 is 2.75 bits per heavy atom. The van der Waals surface area contributed by atoms with Crippen molar-refractivity contribution in [3.8, 4) is 11.6 Å². The van der Waals surface area contributed by atoms with Gasteiger partial charge in [-0.1, -0.05) is 12.1 Å². The van der Waals surface area contributed by atoms with Crippen LogP contribution in [0.2, 0.25) is 0 Å². The molecule has 0 fully saturated rings. The van der Waals surface area contributed by atoms with Gasteiger partial charge < -0.3 is 15.6 Å². The molecule has 0 radical (unpaired) electrons. The molecule has 2 aromatic rings. The number of hydrogen-bond acceptors (Lipinski definition) is 5. The molecular formula is C11H11N3O2. The van der Waals surface area contributed by atoms with Gasteiger partial charge in [0.15, 0.2) is 0 Å². The number of nitrogens with zero attached hydrogens (tertiary/aromatic N) is 2. The van der Waals surface area contributed by atoms with E-state index in [9.17, 15) is 0 Å². The van der Waals surface area contributed by atoms with Crippen molar-refractivity contribution in [2.75, 3.05) is 5.73 Å². The summed E-state index contributed by atoms with van der Waals surface area (Å²) in [5, 5.41) is 16.4. The number of rotatable bonds is 3. The Hall–Kier alpha value is -2.14. The Balaban J connectivity index is 2.16. The van der Waals surface area contributed by atoms with Gasteiger partial charge in [-0.25, -0.2) is 0 Å². The van der Waals surface area contributed by atoms with Crippen LogP contribution in [0.4, 0.5) is 5.82 Å². The number of aromatic nitrogens is 2. The van der Waals surface area contributed by atoms with Crippen molar-refractivity contribution < 1.29 is 9.84 Å². The molecule has 0 unspecified atom stereocenters. The van der Waals surface area contributed by atoms with E-state index in [0.29, 0.717) is 17.4 Å². The fourth-order valence-electron chi connectivity index (χ4n) is 1.21. The monoisotopic (exact) mass is 217 g/mol. The van der Waals surface area contributed by atoms with E-state index in [1.165, 1.54) is 0 Å². The van der Waals surface area contributed by atoms with Crippen molar-refractivity contribution in [3.63, 3.8) is 0 Å². The lowest BCUT2D eigenvalue weighted by molar-refractivity contribution is 0.281. The molecule has 5 heteroatoms. The lowest BCUT2D eigenvalue weighted by atomic mass is 10.2. The second-order valence-corrected chi connectivity index (χ2v) is 3.20.